The summed E-state index contributed by atoms with van der Waals surface area (Å²) in [4.78, 5) is 17.0. The highest BCUT2D eigenvalue weighted by Gasteiger charge is 2.06. The highest BCUT2D eigenvalue weighted by molar-refractivity contribution is 7.18. The molecule has 4 rings (SSSR count). The zero-order valence-corrected chi connectivity index (χ0v) is 18.8. The van der Waals surface area contributed by atoms with Crippen molar-refractivity contribution in [1.82, 2.24) is 4.98 Å². The lowest BCUT2D eigenvalue weighted by atomic mass is 10.1. The van der Waals surface area contributed by atoms with Crippen molar-refractivity contribution in [2.45, 2.75) is 6.42 Å². The highest BCUT2D eigenvalue weighted by atomic mass is 32.1. The van der Waals surface area contributed by atoms with Gasteiger partial charge in [-0.3, -0.25) is 4.79 Å². The average Bonchev–Trinajstić information content (AvgIpc) is 3.25. The molecular formula is C26H21N3O3S. The Bertz CT molecular complexity index is 1300. The third-order valence-electron chi connectivity index (χ3n) is 4.82. The molecule has 1 N–H and O–H groups in total. The first-order chi connectivity index (χ1) is 16.1. The lowest BCUT2D eigenvalue weighted by Gasteiger charge is -2.08. The molecule has 0 radical (unpaired) electrons. The maximum Gasteiger partial charge on any atom is 0.248 e. The van der Waals surface area contributed by atoms with E-state index in [4.69, 9.17) is 14.7 Å². The van der Waals surface area contributed by atoms with Gasteiger partial charge < -0.3 is 14.8 Å². The van der Waals surface area contributed by atoms with Gasteiger partial charge in [-0.2, -0.15) is 5.26 Å². The molecule has 0 aliphatic carbocycles. The summed E-state index contributed by atoms with van der Waals surface area (Å²) in [5, 5.41) is 12.6. The minimum atomic E-state index is -0.238. The Morgan fingerprint density at radius 2 is 1.94 bits per heavy atom. The Kier molecular flexibility index (Phi) is 6.98. The van der Waals surface area contributed by atoms with Crippen LogP contribution in [0.15, 0.2) is 72.8 Å². The average molecular weight is 456 g/mol. The van der Waals surface area contributed by atoms with Crippen LogP contribution in [0.4, 0.5) is 5.69 Å². The van der Waals surface area contributed by atoms with Crippen LogP contribution in [0.25, 0.3) is 16.3 Å². The van der Waals surface area contributed by atoms with Crippen molar-refractivity contribution < 1.29 is 14.3 Å². The molecule has 0 unspecified atom stereocenters. The van der Waals surface area contributed by atoms with Crippen molar-refractivity contribution >= 4 is 39.2 Å². The van der Waals surface area contributed by atoms with Crippen molar-refractivity contribution in [2.24, 2.45) is 0 Å². The predicted molar refractivity (Wildman–Crippen MR) is 131 cm³/mol. The van der Waals surface area contributed by atoms with Gasteiger partial charge in [-0.1, -0.05) is 30.3 Å². The fourth-order valence-corrected chi connectivity index (χ4v) is 4.25. The number of para-hydroxylation sites is 1. The van der Waals surface area contributed by atoms with E-state index in [1.807, 2.05) is 48.5 Å². The molecule has 0 spiro atoms. The second kappa shape index (κ2) is 10.4. The number of fused-ring (bicyclic) bond motifs is 1. The molecule has 4 aromatic rings. The number of carbonyl (C=O) groups excluding carboxylic acids is 1. The second-order valence-electron chi connectivity index (χ2n) is 7.13. The van der Waals surface area contributed by atoms with Crippen LogP contribution in [-0.2, 0) is 11.2 Å². The third-order valence-corrected chi connectivity index (χ3v) is 5.86. The first kappa shape index (κ1) is 22.1. The molecule has 1 amide bonds. The van der Waals surface area contributed by atoms with Crippen LogP contribution in [0.5, 0.6) is 11.5 Å². The van der Waals surface area contributed by atoms with E-state index in [0.29, 0.717) is 11.5 Å². The first-order valence-corrected chi connectivity index (χ1v) is 11.1. The molecule has 33 heavy (non-hydrogen) atoms. The molecular weight excluding hydrogens is 434 g/mol. The smallest absolute Gasteiger partial charge is 0.248 e. The number of hydrogen-bond donors (Lipinski definition) is 1. The van der Waals surface area contributed by atoms with Crippen LogP contribution in [0.2, 0.25) is 0 Å². The van der Waals surface area contributed by atoms with Crippen LogP contribution in [-0.4, -0.2) is 24.6 Å². The molecule has 164 valence electrons. The summed E-state index contributed by atoms with van der Waals surface area (Å²) in [6, 6.07) is 23.0. The molecule has 1 aromatic heterocycles. The number of nitrogens with one attached hydrogen (secondary N) is 1. The van der Waals surface area contributed by atoms with Gasteiger partial charge in [-0.25, -0.2) is 4.98 Å². The summed E-state index contributed by atoms with van der Waals surface area (Å²) in [7, 11) is 1.52. The van der Waals surface area contributed by atoms with E-state index in [2.05, 4.69) is 16.4 Å². The van der Waals surface area contributed by atoms with Crippen molar-refractivity contribution in [1.29, 1.82) is 5.26 Å². The summed E-state index contributed by atoms with van der Waals surface area (Å²) in [6.45, 7) is -0.0622. The van der Waals surface area contributed by atoms with Crippen molar-refractivity contribution in [3.63, 3.8) is 0 Å². The molecule has 0 bridgehead atoms. The number of amides is 1. The van der Waals surface area contributed by atoms with Crippen LogP contribution >= 0.6 is 11.3 Å². The highest BCUT2D eigenvalue weighted by Crippen LogP contribution is 2.28. The minimum absolute atomic E-state index is 0.0622. The molecule has 0 aliphatic rings. The largest absolute Gasteiger partial charge is 0.493 e. The van der Waals surface area contributed by atoms with Crippen molar-refractivity contribution in [2.75, 3.05) is 19.0 Å². The Balaban J connectivity index is 1.35. The van der Waals surface area contributed by atoms with E-state index >= 15 is 0 Å². The van der Waals surface area contributed by atoms with E-state index in [1.54, 1.807) is 35.6 Å². The van der Waals surface area contributed by atoms with E-state index in [0.717, 1.165) is 33.8 Å². The Hall–Kier alpha value is -4.15. The van der Waals surface area contributed by atoms with Crippen LogP contribution in [0.1, 0.15) is 16.1 Å². The fraction of sp³-hybridized carbons (Fsp3) is 0.115. The monoisotopic (exact) mass is 455 g/mol. The SMILES string of the molecule is COc1cc(/C=C/C(=O)Nc2ccc(Cc3nc4ccccc4s3)cc2)ccc1OCC#N. The Morgan fingerprint density at radius 1 is 1.12 bits per heavy atom. The molecule has 0 atom stereocenters. The number of thiazole rings is 1. The predicted octanol–water partition coefficient (Wildman–Crippen LogP) is 5.45. The zero-order chi connectivity index (χ0) is 23.0. The molecule has 0 aliphatic heterocycles. The third kappa shape index (κ3) is 5.76. The first-order valence-electron chi connectivity index (χ1n) is 10.2. The number of methoxy groups -OCH3 is 1. The van der Waals surface area contributed by atoms with Crippen molar-refractivity contribution in [3.8, 4) is 17.6 Å². The van der Waals surface area contributed by atoms with Gasteiger partial charge in [0.15, 0.2) is 18.1 Å². The maximum absolute atomic E-state index is 12.3. The molecule has 0 saturated heterocycles. The summed E-state index contributed by atoms with van der Waals surface area (Å²) in [5.41, 5.74) is 3.65. The van der Waals surface area contributed by atoms with Gasteiger partial charge in [-0.15, -0.1) is 11.3 Å². The summed E-state index contributed by atoms with van der Waals surface area (Å²) in [5.74, 6) is 0.737. The van der Waals surface area contributed by atoms with E-state index in [1.165, 1.54) is 17.9 Å². The number of aromatic nitrogens is 1. The standard InChI is InChI=1S/C26H21N3O3S/c1-31-23-16-18(8-12-22(23)32-15-14-27)9-13-25(30)28-20-10-6-19(7-11-20)17-26-29-21-4-2-3-5-24(21)33-26/h2-13,16H,15,17H2,1H3,(H,28,30)/b13-9+. The van der Waals surface area contributed by atoms with E-state index in [-0.39, 0.29) is 12.5 Å². The normalized spacial score (nSPS) is 10.8. The topological polar surface area (TPSA) is 84.2 Å². The quantitative estimate of drug-likeness (QED) is 0.357. The number of ether oxygens (including phenoxy) is 2. The van der Waals surface area contributed by atoms with Gasteiger partial charge >= 0.3 is 0 Å². The van der Waals surface area contributed by atoms with Crippen LogP contribution in [0, 0.1) is 11.3 Å². The lowest BCUT2D eigenvalue weighted by Crippen LogP contribution is -2.07. The number of rotatable bonds is 8. The zero-order valence-electron chi connectivity index (χ0n) is 17.9. The molecule has 3 aromatic carbocycles. The molecule has 0 fully saturated rings. The Morgan fingerprint density at radius 3 is 2.70 bits per heavy atom. The van der Waals surface area contributed by atoms with Gasteiger partial charge in [0.2, 0.25) is 5.91 Å². The van der Waals surface area contributed by atoms with Gasteiger partial charge in [0.25, 0.3) is 0 Å². The number of nitriles is 1. The van der Waals surface area contributed by atoms with Crippen LogP contribution < -0.4 is 14.8 Å². The van der Waals surface area contributed by atoms with Gasteiger partial charge in [0.05, 0.1) is 22.3 Å². The van der Waals surface area contributed by atoms with E-state index < -0.39 is 0 Å². The summed E-state index contributed by atoms with van der Waals surface area (Å²) < 4.78 is 11.8. The second-order valence-corrected chi connectivity index (χ2v) is 8.24. The fourth-order valence-electron chi connectivity index (χ4n) is 3.25. The number of carbonyl (C=O) groups is 1. The molecule has 0 saturated carbocycles. The summed E-state index contributed by atoms with van der Waals surface area (Å²) in [6.07, 6.45) is 3.90. The minimum Gasteiger partial charge on any atom is -0.493 e. The van der Waals surface area contributed by atoms with E-state index in [9.17, 15) is 4.79 Å². The van der Waals surface area contributed by atoms with Gasteiger partial charge in [0.1, 0.15) is 6.07 Å². The number of benzene rings is 3. The van der Waals surface area contributed by atoms with Crippen molar-refractivity contribution in [3.05, 3.63) is 88.9 Å². The maximum atomic E-state index is 12.3. The molecule has 6 nitrogen and oxygen atoms in total. The lowest BCUT2D eigenvalue weighted by molar-refractivity contribution is -0.111. The molecule has 1 heterocycles. The number of anilines is 1. The number of hydrogen-bond acceptors (Lipinski definition) is 6. The Labute approximate surface area is 195 Å². The van der Waals surface area contributed by atoms with Crippen LogP contribution in [0.3, 0.4) is 0 Å². The van der Waals surface area contributed by atoms with Gasteiger partial charge in [-0.05, 0) is 53.6 Å². The number of nitrogens with zero attached hydrogens (tertiary/aromatic N) is 2. The summed E-state index contributed by atoms with van der Waals surface area (Å²) >= 11 is 1.70. The molecule has 7 heteroatoms. The van der Waals surface area contributed by atoms with Gasteiger partial charge in [0, 0.05) is 18.2 Å².